The van der Waals surface area contributed by atoms with Crippen molar-refractivity contribution in [1.82, 2.24) is 10.2 Å². The molecular weight excluding hydrogens is 406 g/mol. The number of halogens is 1. The van der Waals surface area contributed by atoms with Gasteiger partial charge in [-0.3, -0.25) is 9.59 Å². The fourth-order valence-electron chi connectivity index (χ4n) is 3.40. The molecule has 0 spiro atoms. The average Bonchev–Trinajstić information content (AvgIpc) is 3.04. The van der Waals surface area contributed by atoms with Gasteiger partial charge in [-0.2, -0.15) is 0 Å². The highest BCUT2D eigenvalue weighted by Gasteiger charge is 2.36. The van der Waals surface area contributed by atoms with Gasteiger partial charge in [0.1, 0.15) is 0 Å². The summed E-state index contributed by atoms with van der Waals surface area (Å²) in [5.41, 5.74) is 1.97. The summed E-state index contributed by atoms with van der Waals surface area (Å²) >= 11 is 3.48. The summed E-state index contributed by atoms with van der Waals surface area (Å²) in [5, 5.41) is 3.04. The van der Waals surface area contributed by atoms with E-state index >= 15 is 0 Å². The molecule has 1 saturated heterocycles. The minimum absolute atomic E-state index is 0.0192. The van der Waals surface area contributed by atoms with Crippen molar-refractivity contribution in [3.63, 3.8) is 0 Å². The maximum Gasteiger partial charge on any atom is 0.227 e. The molecule has 0 bridgehead atoms. The second-order valence-corrected chi connectivity index (χ2v) is 7.85. The number of carbonyl (C=O) groups is 2. The Morgan fingerprint density at radius 3 is 2.52 bits per heavy atom. The van der Waals surface area contributed by atoms with Gasteiger partial charge in [0.15, 0.2) is 0 Å². The summed E-state index contributed by atoms with van der Waals surface area (Å²) in [6.07, 6.45) is 0.241. The molecule has 0 saturated carbocycles. The number of likely N-dealkylation sites (N-methyl/N-ethyl adjacent to an activating group) is 1. The molecule has 2 aromatic carbocycles. The van der Waals surface area contributed by atoms with E-state index in [2.05, 4.69) is 38.3 Å². The fourth-order valence-corrected chi connectivity index (χ4v) is 3.90. The molecule has 0 aromatic heterocycles. The van der Waals surface area contributed by atoms with Crippen LogP contribution in [-0.2, 0) is 9.59 Å². The predicted octanol–water partition coefficient (Wildman–Crippen LogP) is 3.22. The lowest BCUT2D eigenvalue weighted by Gasteiger charge is -2.25. The standard InChI is InChI=1S/C21H24BrN3O2/c1-24(2)19(15-8-4-3-5-9-15)13-23-21(27)16-12-20(26)25(14-16)18-11-7-6-10-17(18)22/h3-11,16,19H,12-14H2,1-2H3,(H,23,27). The van der Waals surface area contributed by atoms with Crippen molar-refractivity contribution in [3.8, 4) is 0 Å². The molecule has 2 atom stereocenters. The lowest BCUT2D eigenvalue weighted by atomic mass is 10.0. The summed E-state index contributed by atoms with van der Waals surface area (Å²) in [4.78, 5) is 28.9. The van der Waals surface area contributed by atoms with E-state index in [0.29, 0.717) is 13.1 Å². The first-order valence-corrected chi connectivity index (χ1v) is 9.80. The van der Waals surface area contributed by atoms with Crippen LogP contribution in [0.5, 0.6) is 0 Å². The molecule has 5 nitrogen and oxygen atoms in total. The summed E-state index contributed by atoms with van der Waals surface area (Å²) in [6.45, 7) is 0.917. The van der Waals surface area contributed by atoms with Gasteiger partial charge in [-0.1, -0.05) is 42.5 Å². The molecular formula is C21H24BrN3O2. The van der Waals surface area contributed by atoms with Crippen LogP contribution in [0.25, 0.3) is 0 Å². The Labute approximate surface area is 168 Å². The molecule has 1 N–H and O–H groups in total. The third-order valence-electron chi connectivity index (χ3n) is 4.92. The number of nitrogens with zero attached hydrogens (tertiary/aromatic N) is 2. The maximum atomic E-state index is 12.7. The monoisotopic (exact) mass is 429 g/mol. The summed E-state index contributed by atoms with van der Waals surface area (Å²) in [6, 6.07) is 17.8. The van der Waals surface area contributed by atoms with Crippen molar-refractivity contribution in [2.75, 3.05) is 32.1 Å². The van der Waals surface area contributed by atoms with Gasteiger partial charge in [-0.15, -0.1) is 0 Å². The van der Waals surface area contributed by atoms with E-state index in [0.717, 1.165) is 15.7 Å². The maximum absolute atomic E-state index is 12.7. The van der Waals surface area contributed by atoms with Crippen LogP contribution >= 0.6 is 15.9 Å². The van der Waals surface area contributed by atoms with E-state index in [1.807, 2.05) is 56.6 Å². The van der Waals surface area contributed by atoms with Crippen molar-refractivity contribution in [1.29, 1.82) is 0 Å². The Kier molecular flexibility index (Phi) is 6.29. The smallest absolute Gasteiger partial charge is 0.227 e. The molecule has 1 fully saturated rings. The number of hydrogen-bond donors (Lipinski definition) is 1. The number of hydrogen-bond acceptors (Lipinski definition) is 3. The van der Waals surface area contributed by atoms with Crippen LogP contribution in [-0.4, -0.2) is 43.9 Å². The zero-order valence-corrected chi connectivity index (χ0v) is 17.1. The van der Waals surface area contributed by atoms with E-state index in [-0.39, 0.29) is 30.2 Å². The van der Waals surface area contributed by atoms with Crippen molar-refractivity contribution in [2.24, 2.45) is 5.92 Å². The molecule has 2 aromatic rings. The zero-order chi connectivity index (χ0) is 19.4. The van der Waals surface area contributed by atoms with Crippen molar-refractivity contribution in [3.05, 3.63) is 64.6 Å². The quantitative estimate of drug-likeness (QED) is 0.766. The summed E-state index contributed by atoms with van der Waals surface area (Å²) in [7, 11) is 4.00. The normalized spacial score (nSPS) is 18.0. The molecule has 142 valence electrons. The van der Waals surface area contributed by atoms with Gasteiger partial charge < -0.3 is 15.1 Å². The number of nitrogens with one attached hydrogen (secondary N) is 1. The third kappa shape index (κ3) is 4.57. The van der Waals surface area contributed by atoms with E-state index < -0.39 is 0 Å². The van der Waals surface area contributed by atoms with Crippen LogP contribution < -0.4 is 10.2 Å². The first-order valence-electron chi connectivity index (χ1n) is 9.01. The van der Waals surface area contributed by atoms with Gasteiger partial charge in [-0.05, 0) is 47.7 Å². The van der Waals surface area contributed by atoms with Crippen LogP contribution in [0.2, 0.25) is 0 Å². The highest BCUT2D eigenvalue weighted by molar-refractivity contribution is 9.10. The predicted molar refractivity (Wildman–Crippen MR) is 110 cm³/mol. The molecule has 1 aliphatic heterocycles. The molecule has 2 unspecified atom stereocenters. The van der Waals surface area contributed by atoms with Gasteiger partial charge >= 0.3 is 0 Å². The molecule has 2 amide bonds. The summed E-state index contributed by atoms with van der Waals surface area (Å²) < 4.78 is 0.858. The van der Waals surface area contributed by atoms with Crippen LogP contribution in [0.1, 0.15) is 18.0 Å². The average molecular weight is 430 g/mol. The number of rotatable bonds is 6. The van der Waals surface area contributed by atoms with E-state index in [4.69, 9.17) is 0 Å². The molecule has 0 radical (unpaired) electrons. The SMILES string of the molecule is CN(C)C(CNC(=O)C1CC(=O)N(c2ccccc2Br)C1)c1ccccc1. The molecule has 1 aliphatic rings. The number of carbonyl (C=O) groups excluding carboxylic acids is 2. The molecule has 27 heavy (non-hydrogen) atoms. The minimum atomic E-state index is -0.330. The second-order valence-electron chi connectivity index (χ2n) is 6.99. The number of para-hydroxylation sites is 1. The van der Waals surface area contributed by atoms with Crippen molar-refractivity contribution < 1.29 is 9.59 Å². The molecule has 6 heteroatoms. The topological polar surface area (TPSA) is 52.7 Å². The van der Waals surface area contributed by atoms with Crippen molar-refractivity contribution >= 4 is 33.4 Å². The Balaban J connectivity index is 1.63. The Morgan fingerprint density at radius 1 is 1.19 bits per heavy atom. The third-order valence-corrected chi connectivity index (χ3v) is 5.59. The van der Waals surface area contributed by atoms with Crippen LogP contribution in [0, 0.1) is 5.92 Å². The Bertz CT molecular complexity index is 810. The largest absolute Gasteiger partial charge is 0.354 e. The Hall–Kier alpha value is -2.18. The van der Waals surface area contributed by atoms with Gasteiger partial charge in [-0.25, -0.2) is 0 Å². The number of anilines is 1. The number of amides is 2. The fraction of sp³-hybridized carbons (Fsp3) is 0.333. The van der Waals surface area contributed by atoms with Gasteiger partial charge in [0.05, 0.1) is 17.6 Å². The van der Waals surface area contributed by atoms with Gasteiger partial charge in [0, 0.05) is 24.0 Å². The number of benzene rings is 2. The second kappa shape index (κ2) is 8.67. The van der Waals surface area contributed by atoms with Crippen LogP contribution in [0.15, 0.2) is 59.1 Å². The molecule has 3 rings (SSSR count). The van der Waals surface area contributed by atoms with E-state index in [1.54, 1.807) is 4.90 Å². The van der Waals surface area contributed by atoms with Crippen LogP contribution in [0.4, 0.5) is 5.69 Å². The first kappa shape index (κ1) is 19.6. The zero-order valence-electron chi connectivity index (χ0n) is 15.6. The highest BCUT2D eigenvalue weighted by Crippen LogP contribution is 2.31. The lowest BCUT2D eigenvalue weighted by molar-refractivity contribution is -0.126. The molecule has 0 aliphatic carbocycles. The lowest BCUT2D eigenvalue weighted by Crippen LogP contribution is -2.38. The summed E-state index contributed by atoms with van der Waals surface area (Å²) in [5.74, 6) is -0.418. The van der Waals surface area contributed by atoms with E-state index in [9.17, 15) is 9.59 Å². The van der Waals surface area contributed by atoms with Gasteiger partial charge in [0.2, 0.25) is 11.8 Å². The molecule has 1 heterocycles. The first-order chi connectivity index (χ1) is 13.0. The van der Waals surface area contributed by atoms with E-state index in [1.165, 1.54) is 0 Å². The van der Waals surface area contributed by atoms with Crippen LogP contribution in [0.3, 0.4) is 0 Å². The van der Waals surface area contributed by atoms with Crippen molar-refractivity contribution in [2.45, 2.75) is 12.5 Å². The minimum Gasteiger partial charge on any atom is -0.354 e. The highest BCUT2D eigenvalue weighted by atomic mass is 79.9. The Morgan fingerprint density at radius 2 is 1.85 bits per heavy atom. The van der Waals surface area contributed by atoms with Gasteiger partial charge in [0.25, 0.3) is 0 Å².